The van der Waals surface area contributed by atoms with E-state index in [9.17, 15) is 8.42 Å². The topological polar surface area (TPSA) is 62.3 Å². The summed E-state index contributed by atoms with van der Waals surface area (Å²) in [5.41, 5.74) is 0. The number of rotatable bonds is 5. The Morgan fingerprint density at radius 3 is 2.60 bits per heavy atom. The number of hydrogen-bond donors (Lipinski definition) is 1. The highest BCUT2D eigenvalue weighted by Crippen LogP contribution is 2.17. The van der Waals surface area contributed by atoms with Crippen LogP contribution < -0.4 is 5.32 Å². The van der Waals surface area contributed by atoms with Crippen LogP contribution in [0.25, 0.3) is 0 Å². The molecule has 1 aromatic heterocycles. The highest BCUT2D eigenvalue weighted by atomic mass is 32.2. The number of nitrogens with zero attached hydrogens (tertiary/aromatic N) is 2. The highest BCUT2D eigenvalue weighted by molar-refractivity contribution is 7.90. The zero-order valence-electron chi connectivity index (χ0n) is 12.0. The monoisotopic (exact) mass is 297 g/mol. The first-order valence-electron chi connectivity index (χ1n) is 7.19. The van der Waals surface area contributed by atoms with Crippen molar-refractivity contribution in [1.29, 1.82) is 0 Å². The van der Waals surface area contributed by atoms with Crippen molar-refractivity contribution in [3.05, 3.63) is 18.3 Å². The first-order valence-corrected chi connectivity index (χ1v) is 9.08. The van der Waals surface area contributed by atoms with Crippen molar-refractivity contribution in [1.82, 2.24) is 9.88 Å². The molecule has 0 saturated carbocycles. The normalized spacial score (nSPS) is 17.6. The van der Waals surface area contributed by atoms with Gasteiger partial charge in [0, 0.05) is 25.5 Å². The molecule has 0 radical (unpaired) electrons. The fourth-order valence-electron chi connectivity index (χ4n) is 2.51. The molecule has 0 aromatic carbocycles. The molecule has 1 aromatic rings. The smallest absolute Gasteiger partial charge is 0.179 e. The van der Waals surface area contributed by atoms with E-state index in [1.165, 1.54) is 31.9 Å². The van der Waals surface area contributed by atoms with Gasteiger partial charge in [-0.05, 0) is 38.1 Å². The van der Waals surface area contributed by atoms with Crippen molar-refractivity contribution in [2.75, 3.05) is 37.8 Å². The van der Waals surface area contributed by atoms with Gasteiger partial charge in [-0.2, -0.15) is 0 Å². The predicted octanol–water partition coefficient (Wildman–Crippen LogP) is 1.77. The number of aromatic nitrogens is 1. The third-order valence-electron chi connectivity index (χ3n) is 3.59. The second kappa shape index (κ2) is 7.04. The summed E-state index contributed by atoms with van der Waals surface area (Å²) in [6, 6.07) is 3.24. The molecule has 0 bridgehead atoms. The van der Waals surface area contributed by atoms with Crippen molar-refractivity contribution in [3.8, 4) is 0 Å². The largest absolute Gasteiger partial charge is 0.368 e. The number of sulfone groups is 1. The molecular formula is C14H23N3O2S. The molecule has 0 atom stereocenters. The summed E-state index contributed by atoms with van der Waals surface area (Å²) in [6.07, 6.45) is 7.99. The predicted molar refractivity (Wildman–Crippen MR) is 80.7 cm³/mol. The van der Waals surface area contributed by atoms with Crippen LogP contribution in [-0.2, 0) is 9.84 Å². The lowest BCUT2D eigenvalue weighted by Gasteiger charge is -2.20. The molecule has 1 saturated heterocycles. The Labute approximate surface area is 121 Å². The Morgan fingerprint density at radius 1 is 1.25 bits per heavy atom. The minimum Gasteiger partial charge on any atom is -0.368 e. The zero-order valence-corrected chi connectivity index (χ0v) is 12.8. The van der Waals surface area contributed by atoms with E-state index in [-0.39, 0.29) is 4.90 Å². The van der Waals surface area contributed by atoms with E-state index in [1.54, 1.807) is 18.3 Å². The molecule has 0 spiro atoms. The van der Waals surface area contributed by atoms with E-state index in [0.717, 1.165) is 26.2 Å². The summed E-state index contributed by atoms with van der Waals surface area (Å²) < 4.78 is 23.3. The van der Waals surface area contributed by atoms with Gasteiger partial charge in [0.2, 0.25) is 0 Å². The van der Waals surface area contributed by atoms with Gasteiger partial charge in [-0.25, -0.2) is 13.4 Å². The van der Waals surface area contributed by atoms with Gasteiger partial charge in [0.15, 0.2) is 9.84 Å². The Bertz CT molecular complexity index is 523. The van der Waals surface area contributed by atoms with Gasteiger partial charge in [-0.3, -0.25) is 0 Å². The van der Waals surface area contributed by atoms with Gasteiger partial charge in [-0.1, -0.05) is 12.8 Å². The van der Waals surface area contributed by atoms with E-state index in [4.69, 9.17) is 0 Å². The van der Waals surface area contributed by atoms with Crippen LogP contribution in [0.3, 0.4) is 0 Å². The second-order valence-corrected chi connectivity index (χ2v) is 7.29. The molecule has 1 fully saturated rings. The van der Waals surface area contributed by atoms with Crippen LogP contribution in [0.15, 0.2) is 23.2 Å². The lowest BCUT2D eigenvalue weighted by Crippen LogP contribution is -2.30. The summed E-state index contributed by atoms with van der Waals surface area (Å²) >= 11 is 0. The number of likely N-dealkylation sites (tertiary alicyclic amines) is 1. The molecule has 5 nitrogen and oxygen atoms in total. The Hall–Kier alpha value is -1.14. The Kier molecular flexibility index (Phi) is 5.37. The summed E-state index contributed by atoms with van der Waals surface area (Å²) in [4.78, 5) is 6.85. The lowest BCUT2D eigenvalue weighted by atomic mass is 10.2. The van der Waals surface area contributed by atoms with Gasteiger partial charge in [0.1, 0.15) is 10.7 Å². The van der Waals surface area contributed by atoms with Crippen LogP contribution >= 0.6 is 0 Å². The van der Waals surface area contributed by atoms with E-state index in [1.807, 2.05) is 0 Å². The minimum atomic E-state index is -3.23. The van der Waals surface area contributed by atoms with Gasteiger partial charge in [-0.15, -0.1) is 0 Å². The molecular weight excluding hydrogens is 274 g/mol. The van der Waals surface area contributed by atoms with Crippen LogP contribution in [0.2, 0.25) is 0 Å². The Balaban J connectivity index is 1.91. The number of hydrogen-bond acceptors (Lipinski definition) is 5. The van der Waals surface area contributed by atoms with Crippen molar-refractivity contribution in [2.24, 2.45) is 0 Å². The molecule has 0 aliphatic carbocycles. The van der Waals surface area contributed by atoms with Crippen LogP contribution in [0.1, 0.15) is 25.7 Å². The zero-order chi connectivity index (χ0) is 14.4. The summed E-state index contributed by atoms with van der Waals surface area (Å²) in [5.74, 6) is 0.463. The van der Waals surface area contributed by atoms with E-state index < -0.39 is 9.84 Å². The molecule has 1 aliphatic heterocycles. The van der Waals surface area contributed by atoms with Crippen LogP contribution in [0.5, 0.6) is 0 Å². The molecule has 20 heavy (non-hydrogen) atoms. The average molecular weight is 297 g/mol. The average Bonchev–Trinajstić information content (AvgIpc) is 2.67. The fourth-order valence-corrected chi connectivity index (χ4v) is 3.32. The third-order valence-corrected chi connectivity index (χ3v) is 4.72. The van der Waals surface area contributed by atoms with E-state index >= 15 is 0 Å². The molecule has 6 heteroatoms. The van der Waals surface area contributed by atoms with Crippen molar-refractivity contribution >= 4 is 15.7 Å². The van der Waals surface area contributed by atoms with Gasteiger partial charge < -0.3 is 10.2 Å². The molecule has 2 heterocycles. The van der Waals surface area contributed by atoms with Gasteiger partial charge in [0.05, 0.1) is 0 Å². The van der Waals surface area contributed by atoms with E-state index in [0.29, 0.717) is 5.82 Å². The highest BCUT2D eigenvalue weighted by Gasteiger charge is 2.14. The molecule has 0 unspecified atom stereocenters. The second-order valence-electron chi connectivity index (χ2n) is 5.30. The quantitative estimate of drug-likeness (QED) is 0.897. The molecule has 1 aliphatic rings. The Morgan fingerprint density at radius 2 is 1.95 bits per heavy atom. The number of anilines is 1. The van der Waals surface area contributed by atoms with Gasteiger partial charge in [0.25, 0.3) is 0 Å². The lowest BCUT2D eigenvalue weighted by molar-refractivity contribution is 0.296. The molecule has 112 valence electrons. The first-order chi connectivity index (χ1) is 9.57. The van der Waals surface area contributed by atoms with Crippen molar-refractivity contribution in [2.45, 2.75) is 30.6 Å². The maximum absolute atomic E-state index is 11.7. The van der Waals surface area contributed by atoms with Gasteiger partial charge >= 0.3 is 0 Å². The summed E-state index contributed by atoms with van der Waals surface area (Å²) in [5, 5.41) is 3.16. The first kappa shape index (κ1) is 15.3. The summed E-state index contributed by atoms with van der Waals surface area (Å²) in [7, 11) is -3.23. The maximum Gasteiger partial charge on any atom is 0.179 e. The number of pyridine rings is 1. The van der Waals surface area contributed by atoms with Crippen LogP contribution in [0.4, 0.5) is 5.82 Å². The molecule has 0 amide bonds. The fraction of sp³-hybridized carbons (Fsp3) is 0.643. The third kappa shape index (κ3) is 4.45. The van der Waals surface area contributed by atoms with E-state index in [2.05, 4.69) is 15.2 Å². The minimum absolute atomic E-state index is 0.274. The number of nitrogens with one attached hydrogen (secondary N) is 1. The maximum atomic E-state index is 11.7. The SMILES string of the molecule is CS(=O)(=O)c1cccnc1NCCN1CCCCCC1. The van der Waals surface area contributed by atoms with Crippen LogP contribution in [0, 0.1) is 0 Å². The molecule has 1 N–H and O–H groups in total. The van der Waals surface area contributed by atoms with Crippen molar-refractivity contribution in [3.63, 3.8) is 0 Å². The molecule has 2 rings (SSSR count). The standard InChI is InChI=1S/C14H23N3O2S/c1-20(18,19)13-7-6-8-15-14(13)16-9-12-17-10-4-2-3-5-11-17/h6-8H,2-5,9-12H2,1H3,(H,15,16). The van der Waals surface area contributed by atoms with Crippen LogP contribution in [-0.4, -0.2) is 50.7 Å². The summed E-state index contributed by atoms with van der Waals surface area (Å²) in [6.45, 7) is 3.94. The van der Waals surface area contributed by atoms with Crippen molar-refractivity contribution < 1.29 is 8.42 Å².